The SMILES string of the molecule is COCCOCCc1nc(C)c(I)c(=O)[nH]1. The van der Waals surface area contributed by atoms with Gasteiger partial charge in [0.2, 0.25) is 0 Å². The zero-order valence-electron chi connectivity index (χ0n) is 9.38. The maximum Gasteiger partial charge on any atom is 0.264 e. The lowest BCUT2D eigenvalue weighted by Gasteiger charge is -2.04. The van der Waals surface area contributed by atoms with Crippen molar-refractivity contribution in [2.75, 3.05) is 26.9 Å². The van der Waals surface area contributed by atoms with Crippen molar-refractivity contribution < 1.29 is 9.47 Å². The summed E-state index contributed by atoms with van der Waals surface area (Å²) >= 11 is 1.99. The van der Waals surface area contributed by atoms with Crippen molar-refractivity contribution in [2.24, 2.45) is 0 Å². The molecule has 16 heavy (non-hydrogen) atoms. The molecular formula is C10H15IN2O3. The lowest BCUT2D eigenvalue weighted by atomic mass is 10.4. The minimum Gasteiger partial charge on any atom is -0.382 e. The third kappa shape index (κ3) is 4.18. The van der Waals surface area contributed by atoms with Gasteiger partial charge in [0.1, 0.15) is 5.82 Å². The van der Waals surface area contributed by atoms with Crippen LogP contribution in [-0.4, -0.2) is 36.9 Å². The van der Waals surface area contributed by atoms with E-state index in [1.54, 1.807) is 7.11 Å². The molecule has 6 heteroatoms. The number of aryl methyl sites for hydroxylation is 1. The zero-order valence-corrected chi connectivity index (χ0v) is 11.5. The van der Waals surface area contributed by atoms with Crippen LogP contribution in [0.2, 0.25) is 0 Å². The fourth-order valence-electron chi connectivity index (χ4n) is 1.16. The molecule has 1 heterocycles. The summed E-state index contributed by atoms with van der Waals surface area (Å²) in [5, 5.41) is 0. The summed E-state index contributed by atoms with van der Waals surface area (Å²) in [7, 11) is 1.63. The first-order valence-electron chi connectivity index (χ1n) is 4.97. The minimum absolute atomic E-state index is 0.0833. The number of hydrogen-bond donors (Lipinski definition) is 1. The number of hydrogen-bond acceptors (Lipinski definition) is 4. The maximum absolute atomic E-state index is 11.4. The predicted molar refractivity (Wildman–Crippen MR) is 68.7 cm³/mol. The van der Waals surface area contributed by atoms with Crippen LogP contribution in [-0.2, 0) is 15.9 Å². The van der Waals surface area contributed by atoms with Crippen molar-refractivity contribution in [3.63, 3.8) is 0 Å². The van der Waals surface area contributed by atoms with E-state index >= 15 is 0 Å². The zero-order chi connectivity index (χ0) is 12.0. The summed E-state index contributed by atoms with van der Waals surface area (Å²) < 4.78 is 10.8. The van der Waals surface area contributed by atoms with E-state index in [1.165, 1.54) is 0 Å². The molecule has 0 saturated carbocycles. The van der Waals surface area contributed by atoms with Gasteiger partial charge in [-0.15, -0.1) is 0 Å². The molecule has 1 rings (SSSR count). The number of rotatable bonds is 6. The standard InChI is InChI=1S/C10H15IN2O3/c1-7-9(11)10(14)13-8(12-7)3-4-16-6-5-15-2/h3-6H2,1-2H3,(H,12,13,14). The Hall–Kier alpha value is -0.470. The topological polar surface area (TPSA) is 64.2 Å². The van der Waals surface area contributed by atoms with E-state index in [1.807, 2.05) is 29.5 Å². The molecule has 0 atom stereocenters. The van der Waals surface area contributed by atoms with Crippen LogP contribution >= 0.6 is 22.6 Å². The molecule has 0 saturated heterocycles. The molecule has 0 unspecified atom stereocenters. The Morgan fingerprint density at radius 1 is 1.38 bits per heavy atom. The highest BCUT2D eigenvalue weighted by molar-refractivity contribution is 14.1. The summed E-state index contributed by atoms with van der Waals surface area (Å²) in [4.78, 5) is 18.4. The molecular weight excluding hydrogens is 323 g/mol. The molecule has 0 amide bonds. The van der Waals surface area contributed by atoms with Gasteiger partial charge in [0.25, 0.3) is 5.56 Å². The van der Waals surface area contributed by atoms with Crippen LogP contribution in [0.4, 0.5) is 0 Å². The first-order chi connectivity index (χ1) is 7.65. The van der Waals surface area contributed by atoms with Gasteiger partial charge in [0, 0.05) is 13.5 Å². The molecule has 1 N–H and O–H groups in total. The van der Waals surface area contributed by atoms with Crippen molar-refractivity contribution in [1.82, 2.24) is 9.97 Å². The molecule has 1 aromatic rings. The second-order valence-corrected chi connectivity index (χ2v) is 4.35. The Morgan fingerprint density at radius 2 is 2.12 bits per heavy atom. The molecule has 0 aliphatic heterocycles. The van der Waals surface area contributed by atoms with Gasteiger partial charge in [0.05, 0.1) is 29.1 Å². The molecule has 0 aliphatic carbocycles. The Bertz CT molecular complexity index is 392. The highest BCUT2D eigenvalue weighted by Crippen LogP contribution is 2.02. The number of nitrogens with zero attached hydrogens (tertiary/aromatic N) is 1. The van der Waals surface area contributed by atoms with E-state index in [9.17, 15) is 4.79 Å². The van der Waals surface area contributed by atoms with E-state index in [2.05, 4.69) is 9.97 Å². The Kier molecular flexibility index (Phi) is 5.93. The van der Waals surface area contributed by atoms with E-state index in [-0.39, 0.29) is 5.56 Å². The van der Waals surface area contributed by atoms with Crippen LogP contribution in [0.5, 0.6) is 0 Å². The van der Waals surface area contributed by atoms with E-state index in [0.29, 0.717) is 35.6 Å². The summed E-state index contributed by atoms with van der Waals surface area (Å²) in [6.45, 7) is 3.50. The number of ether oxygens (including phenoxy) is 2. The van der Waals surface area contributed by atoms with Gasteiger partial charge in [-0.25, -0.2) is 4.98 Å². The van der Waals surface area contributed by atoms with Gasteiger partial charge >= 0.3 is 0 Å². The summed E-state index contributed by atoms with van der Waals surface area (Å²) in [6, 6.07) is 0. The van der Waals surface area contributed by atoms with Crippen LogP contribution in [0.15, 0.2) is 4.79 Å². The summed E-state index contributed by atoms with van der Waals surface area (Å²) in [5.41, 5.74) is 0.677. The van der Waals surface area contributed by atoms with Gasteiger partial charge in [-0.1, -0.05) is 0 Å². The molecule has 0 aliphatic rings. The molecule has 5 nitrogen and oxygen atoms in total. The molecule has 1 aromatic heterocycles. The third-order valence-electron chi connectivity index (χ3n) is 1.99. The molecule has 90 valence electrons. The van der Waals surface area contributed by atoms with Crippen LogP contribution in [0, 0.1) is 10.5 Å². The van der Waals surface area contributed by atoms with Crippen molar-refractivity contribution in [3.8, 4) is 0 Å². The first-order valence-corrected chi connectivity index (χ1v) is 6.05. The van der Waals surface area contributed by atoms with Crippen molar-refractivity contribution >= 4 is 22.6 Å². The molecule has 0 spiro atoms. The van der Waals surface area contributed by atoms with Crippen molar-refractivity contribution in [2.45, 2.75) is 13.3 Å². The molecule has 0 fully saturated rings. The van der Waals surface area contributed by atoms with E-state index in [0.717, 1.165) is 5.69 Å². The summed E-state index contributed by atoms with van der Waals surface area (Å²) in [6.07, 6.45) is 0.608. The second kappa shape index (κ2) is 6.97. The third-order valence-corrected chi connectivity index (χ3v) is 3.26. The van der Waals surface area contributed by atoms with Crippen molar-refractivity contribution in [1.29, 1.82) is 0 Å². The van der Waals surface area contributed by atoms with Gasteiger partial charge < -0.3 is 14.5 Å². The number of aromatic amines is 1. The van der Waals surface area contributed by atoms with Gasteiger partial charge in [-0.05, 0) is 29.5 Å². The highest BCUT2D eigenvalue weighted by atomic mass is 127. The van der Waals surface area contributed by atoms with E-state index in [4.69, 9.17) is 9.47 Å². The van der Waals surface area contributed by atoms with Crippen LogP contribution in [0.3, 0.4) is 0 Å². The predicted octanol–water partition coefficient (Wildman–Crippen LogP) is 0.888. The minimum atomic E-state index is -0.0833. The summed E-state index contributed by atoms with van der Waals surface area (Å²) in [5.74, 6) is 0.667. The number of nitrogens with one attached hydrogen (secondary N) is 1. The van der Waals surface area contributed by atoms with Gasteiger partial charge in [-0.3, -0.25) is 4.79 Å². The average Bonchev–Trinajstić information content (AvgIpc) is 2.25. The molecule has 0 aromatic carbocycles. The van der Waals surface area contributed by atoms with Gasteiger partial charge in [-0.2, -0.15) is 0 Å². The quantitative estimate of drug-likeness (QED) is 0.618. The average molecular weight is 338 g/mol. The Morgan fingerprint density at radius 3 is 2.75 bits per heavy atom. The number of halogens is 1. The smallest absolute Gasteiger partial charge is 0.264 e. The van der Waals surface area contributed by atoms with Crippen molar-refractivity contribution in [3.05, 3.63) is 25.4 Å². The Balaban J connectivity index is 2.46. The van der Waals surface area contributed by atoms with Gasteiger partial charge in [0.15, 0.2) is 0 Å². The maximum atomic E-state index is 11.4. The molecule has 0 bridgehead atoms. The normalized spacial score (nSPS) is 10.7. The van der Waals surface area contributed by atoms with Crippen LogP contribution in [0.25, 0.3) is 0 Å². The lowest BCUT2D eigenvalue weighted by molar-refractivity contribution is 0.0716. The first kappa shape index (κ1) is 13.6. The number of aromatic nitrogens is 2. The number of H-pyrrole nitrogens is 1. The fourth-order valence-corrected chi connectivity index (χ4v) is 1.42. The van der Waals surface area contributed by atoms with Crippen LogP contribution < -0.4 is 5.56 Å². The Labute approximate surface area is 108 Å². The monoisotopic (exact) mass is 338 g/mol. The highest BCUT2D eigenvalue weighted by Gasteiger charge is 2.04. The largest absolute Gasteiger partial charge is 0.382 e. The number of methoxy groups -OCH3 is 1. The lowest BCUT2D eigenvalue weighted by Crippen LogP contribution is -2.18. The van der Waals surface area contributed by atoms with E-state index < -0.39 is 0 Å². The van der Waals surface area contributed by atoms with Crippen LogP contribution in [0.1, 0.15) is 11.5 Å². The second-order valence-electron chi connectivity index (χ2n) is 3.27. The molecule has 0 radical (unpaired) electrons. The fraction of sp³-hybridized carbons (Fsp3) is 0.600.